The predicted octanol–water partition coefficient (Wildman–Crippen LogP) is 15.4. The Bertz CT molecular complexity index is 1320. The van der Waals surface area contributed by atoms with Crippen molar-refractivity contribution in [2.45, 2.75) is 238 Å². The molecular weight excluding hydrogens is 797 g/mol. The third-order valence-electron chi connectivity index (χ3n) is 12.5. The first-order chi connectivity index (χ1) is 31.6. The molecule has 0 saturated heterocycles. The van der Waals surface area contributed by atoms with Crippen molar-refractivity contribution in [3.63, 3.8) is 0 Å². The standard InChI is InChI=1S/C56H96N2O6/c1-4-7-10-12-14-16-18-20-22-24-26-28-30-32-34-37-42-61-47-52(62-43-38-35-33-31-29-27-25-23-21-19-17-15-13-11-8-5-2)48-63-55(59)44-50-40-41-54(53(50)39-36-9-6-3)64-56(60)45-51-46-57-49-58-51/h9,14,16,20-23,36,46,49-50,52-54H,4-8,10-13,15,17-19,24-35,37-45,47-48H2,1-3H3,(H,57,58)/b16-14-,22-20-,23-21-,36-9-. The topological polar surface area (TPSA) is 99.7 Å². The molecule has 1 saturated carbocycles. The molecule has 0 amide bonds. The maximum atomic E-state index is 13.3. The van der Waals surface area contributed by atoms with E-state index in [9.17, 15) is 9.59 Å². The smallest absolute Gasteiger partial charge is 0.312 e. The lowest BCUT2D eigenvalue weighted by Crippen LogP contribution is -2.30. The van der Waals surface area contributed by atoms with Crippen molar-refractivity contribution in [1.82, 2.24) is 9.97 Å². The average Bonchev–Trinajstić information content (AvgIpc) is 3.95. The summed E-state index contributed by atoms with van der Waals surface area (Å²) in [5.41, 5.74) is 0.737. The maximum Gasteiger partial charge on any atom is 0.312 e. The number of nitrogens with one attached hydrogen (secondary N) is 1. The van der Waals surface area contributed by atoms with Gasteiger partial charge in [0.25, 0.3) is 0 Å². The first-order valence-corrected chi connectivity index (χ1v) is 26.7. The quantitative estimate of drug-likeness (QED) is 0.0396. The normalized spacial score (nSPS) is 17.2. The number of ether oxygens (including phenoxy) is 4. The summed E-state index contributed by atoms with van der Waals surface area (Å²) in [7, 11) is 0. The Morgan fingerprint density at radius 3 is 1.81 bits per heavy atom. The molecular formula is C56H96N2O6. The molecule has 1 N–H and O–H groups in total. The van der Waals surface area contributed by atoms with Crippen molar-refractivity contribution < 1.29 is 28.5 Å². The van der Waals surface area contributed by atoms with Gasteiger partial charge in [-0.3, -0.25) is 9.59 Å². The molecule has 0 spiro atoms. The van der Waals surface area contributed by atoms with Crippen molar-refractivity contribution in [1.29, 1.82) is 0 Å². The summed E-state index contributed by atoms with van der Waals surface area (Å²) in [6.07, 6.45) is 57.4. The first kappa shape index (κ1) is 57.2. The van der Waals surface area contributed by atoms with E-state index in [1.54, 1.807) is 12.5 Å². The minimum absolute atomic E-state index is 0.0806. The van der Waals surface area contributed by atoms with Crippen LogP contribution in [0.2, 0.25) is 0 Å². The van der Waals surface area contributed by atoms with Crippen LogP contribution < -0.4 is 0 Å². The average molecular weight is 893 g/mol. The second-order valence-corrected chi connectivity index (χ2v) is 18.4. The van der Waals surface area contributed by atoms with Gasteiger partial charge >= 0.3 is 11.9 Å². The number of nitrogens with zero attached hydrogens (tertiary/aromatic N) is 1. The second kappa shape index (κ2) is 42.7. The van der Waals surface area contributed by atoms with E-state index in [4.69, 9.17) is 18.9 Å². The van der Waals surface area contributed by atoms with Crippen LogP contribution in [-0.4, -0.2) is 60.5 Å². The van der Waals surface area contributed by atoms with Crippen molar-refractivity contribution in [2.75, 3.05) is 26.4 Å². The number of aromatic amines is 1. The number of allylic oxidation sites excluding steroid dienone is 8. The number of hydrogen-bond acceptors (Lipinski definition) is 7. The van der Waals surface area contributed by atoms with Crippen molar-refractivity contribution in [3.05, 3.63) is 66.8 Å². The highest BCUT2D eigenvalue weighted by atomic mass is 16.6. The van der Waals surface area contributed by atoms with E-state index in [1.165, 1.54) is 141 Å². The summed E-state index contributed by atoms with van der Waals surface area (Å²) in [6, 6.07) is 0. The Kier molecular flexibility index (Phi) is 38.1. The number of rotatable bonds is 44. The van der Waals surface area contributed by atoms with Crippen LogP contribution in [0.15, 0.2) is 61.1 Å². The van der Waals surface area contributed by atoms with Crippen LogP contribution in [-0.2, 0) is 35.0 Å². The van der Waals surface area contributed by atoms with E-state index in [-0.39, 0.29) is 49.0 Å². The minimum Gasteiger partial charge on any atom is -0.463 e. The molecule has 1 aliphatic carbocycles. The van der Waals surface area contributed by atoms with Gasteiger partial charge in [-0.05, 0) is 102 Å². The van der Waals surface area contributed by atoms with Gasteiger partial charge in [-0.15, -0.1) is 0 Å². The minimum atomic E-state index is -0.278. The molecule has 0 aromatic carbocycles. The highest BCUT2D eigenvalue weighted by Crippen LogP contribution is 2.39. The lowest BCUT2D eigenvalue weighted by Gasteiger charge is -2.24. The third kappa shape index (κ3) is 32.6. The first-order valence-electron chi connectivity index (χ1n) is 26.7. The van der Waals surface area contributed by atoms with Gasteiger partial charge in [-0.1, -0.05) is 166 Å². The highest BCUT2D eigenvalue weighted by Gasteiger charge is 2.39. The largest absolute Gasteiger partial charge is 0.463 e. The van der Waals surface area contributed by atoms with Crippen LogP contribution in [0.25, 0.3) is 0 Å². The number of hydrogen-bond donors (Lipinski definition) is 1. The number of esters is 2. The van der Waals surface area contributed by atoms with Gasteiger partial charge in [0.05, 0.1) is 19.4 Å². The van der Waals surface area contributed by atoms with Gasteiger partial charge in [0.2, 0.25) is 0 Å². The number of carbonyl (C=O) groups excluding carboxylic acids is 2. The van der Waals surface area contributed by atoms with Gasteiger partial charge in [0, 0.05) is 37.4 Å². The van der Waals surface area contributed by atoms with Crippen LogP contribution in [0.4, 0.5) is 0 Å². The summed E-state index contributed by atoms with van der Waals surface area (Å²) in [6.45, 7) is 8.62. The second-order valence-electron chi connectivity index (χ2n) is 18.4. The van der Waals surface area contributed by atoms with Crippen molar-refractivity contribution in [2.24, 2.45) is 11.8 Å². The Hall–Kier alpha value is -2.97. The van der Waals surface area contributed by atoms with Gasteiger partial charge in [-0.25, -0.2) is 4.98 Å². The lowest BCUT2D eigenvalue weighted by molar-refractivity contribution is -0.152. The zero-order valence-corrected chi connectivity index (χ0v) is 41.4. The number of imidazole rings is 1. The number of carbonyl (C=O) groups is 2. The number of unbranched alkanes of at least 4 members (excludes halogenated alkanes) is 21. The fourth-order valence-electron chi connectivity index (χ4n) is 8.63. The van der Waals surface area contributed by atoms with E-state index >= 15 is 0 Å². The maximum absolute atomic E-state index is 13.3. The van der Waals surface area contributed by atoms with E-state index in [0.29, 0.717) is 26.2 Å². The van der Waals surface area contributed by atoms with E-state index in [1.807, 2.05) is 0 Å². The summed E-state index contributed by atoms with van der Waals surface area (Å²) in [4.78, 5) is 33.1. The monoisotopic (exact) mass is 893 g/mol. The number of H-pyrrole nitrogens is 1. The predicted molar refractivity (Wildman–Crippen MR) is 267 cm³/mol. The van der Waals surface area contributed by atoms with Gasteiger partial charge in [-0.2, -0.15) is 0 Å². The summed E-state index contributed by atoms with van der Waals surface area (Å²) >= 11 is 0. The number of aromatic nitrogens is 2. The zero-order valence-electron chi connectivity index (χ0n) is 41.4. The van der Waals surface area contributed by atoms with Crippen LogP contribution in [0, 0.1) is 11.8 Å². The lowest BCUT2D eigenvalue weighted by atomic mass is 9.88. The van der Waals surface area contributed by atoms with Crippen LogP contribution in [0.5, 0.6) is 0 Å². The molecule has 366 valence electrons. The Balaban J connectivity index is 1.71. The molecule has 64 heavy (non-hydrogen) atoms. The van der Waals surface area contributed by atoms with Crippen molar-refractivity contribution >= 4 is 11.9 Å². The molecule has 0 radical (unpaired) electrons. The molecule has 8 nitrogen and oxygen atoms in total. The molecule has 4 unspecified atom stereocenters. The zero-order chi connectivity index (χ0) is 45.8. The molecule has 0 bridgehead atoms. The van der Waals surface area contributed by atoms with E-state index < -0.39 is 0 Å². The molecule has 1 aliphatic rings. The highest BCUT2D eigenvalue weighted by molar-refractivity contribution is 5.72. The SMILES string of the molecule is CC/C=C\CC1C(CC(=O)OCC(COCCCCCCCC/C=C\C/C=C\CCCCC)OCCCCCCCC/C=C\CCCCCCCC)CCC1OC(=O)Cc1cnc[nH]1. The molecule has 1 aromatic heterocycles. The Morgan fingerprint density at radius 2 is 1.20 bits per heavy atom. The molecule has 8 heteroatoms. The molecule has 1 fully saturated rings. The summed E-state index contributed by atoms with van der Waals surface area (Å²) in [5.74, 6) is -0.300. The fourth-order valence-corrected chi connectivity index (χ4v) is 8.63. The van der Waals surface area contributed by atoms with Crippen LogP contribution in [0.1, 0.15) is 226 Å². The van der Waals surface area contributed by atoms with Crippen LogP contribution in [0.3, 0.4) is 0 Å². The summed E-state index contributed by atoms with van der Waals surface area (Å²) < 4.78 is 24.3. The van der Waals surface area contributed by atoms with Crippen LogP contribution >= 0.6 is 0 Å². The molecule has 1 aromatic rings. The van der Waals surface area contributed by atoms with Gasteiger partial charge in [0.1, 0.15) is 18.8 Å². The Morgan fingerprint density at radius 1 is 0.641 bits per heavy atom. The van der Waals surface area contributed by atoms with E-state index in [2.05, 4.69) is 79.3 Å². The summed E-state index contributed by atoms with van der Waals surface area (Å²) in [5, 5.41) is 0. The third-order valence-corrected chi connectivity index (χ3v) is 12.5. The van der Waals surface area contributed by atoms with Gasteiger partial charge < -0.3 is 23.9 Å². The van der Waals surface area contributed by atoms with E-state index in [0.717, 1.165) is 57.1 Å². The molecule has 1 heterocycles. The molecule has 2 rings (SSSR count). The van der Waals surface area contributed by atoms with Crippen molar-refractivity contribution in [3.8, 4) is 0 Å². The molecule has 0 aliphatic heterocycles. The van der Waals surface area contributed by atoms with Gasteiger partial charge in [0.15, 0.2) is 0 Å². The fraction of sp³-hybridized carbons (Fsp3) is 0.768. The Labute approximate surface area is 392 Å². The molecule has 4 atom stereocenters.